The monoisotopic (exact) mass is 481 g/mol. The Morgan fingerprint density at radius 2 is 1.91 bits per heavy atom. The molecule has 1 aliphatic rings. The van der Waals surface area contributed by atoms with Gasteiger partial charge in [0.25, 0.3) is 0 Å². The van der Waals surface area contributed by atoms with Gasteiger partial charge in [-0.1, -0.05) is 12.1 Å². The molecular formula is C26H32FN5O3. The maximum atomic E-state index is 14.2. The minimum Gasteiger partial charge on any atom is -0.487 e. The molecule has 1 amide bonds. The molecule has 0 bridgehead atoms. The summed E-state index contributed by atoms with van der Waals surface area (Å²) in [6, 6.07) is 6.57. The van der Waals surface area contributed by atoms with E-state index in [0.29, 0.717) is 28.6 Å². The summed E-state index contributed by atoms with van der Waals surface area (Å²) in [6.45, 7) is 7.62. The average molecular weight is 482 g/mol. The van der Waals surface area contributed by atoms with E-state index < -0.39 is 5.60 Å². The first-order chi connectivity index (χ1) is 16.7. The zero-order chi connectivity index (χ0) is 25.0. The Morgan fingerprint density at radius 1 is 1.17 bits per heavy atom. The number of carbonyl (C=O) groups is 1. The summed E-state index contributed by atoms with van der Waals surface area (Å²) in [6.07, 6.45) is 9.62. The van der Waals surface area contributed by atoms with E-state index in [1.807, 2.05) is 27.7 Å². The molecule has 8 nitrogen and oxygen atoms in total. The summed E-state index contributed by atoms with van der Waals surface area (Å²) in [5.41, 5.74) is 1.17. The second-order valence-corrected chi connectivity index (χ2v) is 9.94. The molecule has 2 heterocycles. The van der Waals surface area contributed by atoms with E-state index in [2.05, 4.69) is 20.4 Å². The van der Waals surface area contributed by atoms with E-state index in [1.165, 1.54) is 17.1 Å². The van der Waals surface area contributed by atoms with Gasteiger partial charge in [-0.15, -0.1) is 0 Å². The molecule has 1 N–H and O–H groups in total. The van der Waals surface area contributed by atoms with E-state index in [1.54, 1.807) is 36.8 Å². The van der Waals surface area contributed by atoms with E-state index in [-0.39, 0.29) is 24.1 Å². The maximum absolute atomic E-state index is 14.2. The standard InChI is InChI=1S/C26H32FN5O3/c1-17(18-9-11-20(12-10-18)31-25(33)35-26(2,3)4)34-23-14-28-16-29-24(23)19-13-30-32(15-19)22-8-6-5-7-21(22)27/h5-8,13-18,20H,9-12H2,1-4H3,(H,31,33)/t17-,18?,20?/m1/s1. The number of nitrogens with zero attached hydrogens (tertiary/aromatic N) is 4. The number of carbonyl (C=O) groups excluding carboxylic acids is 1. The number of alkyl carbamates (subject to hydrolysis) is 1. The van der Waals surface area contributed by atoms with E-state index in [9.17, 15) is 9.18 Å². The number of hydrogen-bond acceptors (Lipinski definition) is 6. The largest absolute Gasteiger partial charge is 0.487 e. The highest BCUT2D eigenvalue weighted by Crippen LogP contribution is 2.33. The average Bonchev–Trinajstić information content (AvgIpc) is 3.29. The van der Waals surface area contributed by atoms with Crippen LogP contribution >= 0.6 is 0 Å². The molecule has 1 aromatic carbocycles. The second-order valence-electron chi connectivity index (χ2n) is 9.94. The Hall–Kier alpha value is -3.49. The minimum absolute atomic E-state index is 0.0659. The Labute approximate surface area is 204 Å². The number of amides is 1. The van der Waals surface area contributed by atoms with E-state index >= 15 is 0 Å². The third-order valence-electron chi connectivity index (χ3n) is 6.10. The fraction of sp³-hybridized carbons (Fsp3) is 0.462. The van der Waals surface area contributed by atoms with E-state index in [0.717, 1.165) is 25.7 Å². The molecule has 0 saturated heterocycles. The molecular weight excluding hydrogens is 449 g/mol. The molecule has 1 aliphatic carbocycles. The Bertz CT molecular complexity index is 1150. The number of ether oxygens (including phenoxy) is 2. The first-order valence-electron chi connectivity index (χ1n) is 12.0. The molecule has 9 heteroatoms. The van der Waals surface area contributed by atoms with Crippen molar-refractivity contribution in [3.05, 3.63) is 55.0 Å². The van der Waals surface area contributed by atoms with Crippen molar-refractivity contribution in [2.75, 3.05) is 0 Å². The molecule has 1 saturated carbocycles. The number of nitrogens with one attached hydrogen (secondary N) is 1. The van der Waals surface area contributed by atoms with Crippen LogP contribution in [0.4, 0.5) is 9.18 Å². The molecule has 35 heavy (non-hydrogen) atoms. The molecule has 0 aliphatic heterocycles. The maximum Gasteiger partial charge on any atom is 0.407 e. The number of para-hydroxylation sites is 1. The third kappa shape index (κ3) is 6.35. The van der Waals surface area contributed by atoms with Crippen LogP contribution in [-0.2, 0) is 4.74 Å². The zero-order valence-electron chi connectivity index (χ0n) is 20.6. The lowest BCUT2D eigenvalue weighted by molar-refractivity contribution is 0.0471. The van der Waals surface area contributed by atoms with E-state index in [4.69, 9.17) is 9.47 Å². The van der Waals surface area contributed by atoms with Gasteiger partial charge in [-0.05, 0) is 71.4 Å². The second kappa shape index (κ2) is 10.4. The van der Waals surface area contributed by atoms with Crippen LogP contribution in [0.5, 0.6) is 5.75 Å². The quantitative estimate of drug-likeness (QED) is 0.512. The SMILES string of the molecule is C[C@@H](Oc1cncnc1-c1cnn(-c2ccccc2F)c1)C1CCC(NC(=O)OC(C)(C)C)CC1. The first kappa shape index (κ1) is 24.6. The predicted molar refractivity (Wildman–Crippen MR) is 130 cm³/mol. The van der Waals surface area contributed by atoms with Gasteiger partial charge < -0.3 is 14.8 Å². The summed E-state index contributed by atoms with van der Waals surface area (Å²) in [5, 5.41) is 7.28. The minimum atomic E-state index is -0.509. The summed E-state index contributed by atoms with van der Waals surface area (Å²) >= 11 is 0. The molecule has 4 rings (SSSR count). The van der Waals surface area contributed by atoms with Gasteiger partial charge in [-0.25, -0.2) is 23.8 Å². The summed E-state index contributed by atoms with van der Waals surface area (Å²) in [4.78, 5) is 20.6. The van der Waals surface area contributed by atoms with Crippen molar-refractivity contribution in [2.45, 2.75) is 71.1 Å². The van der Waals surface area contributed by atoms with Crippen molar-refractivity contribution >= 4 is 6.09 Å². The lowest BCUT2D eigenvalue weighted by Crippen LogP contribution is -2.42. The first-order valence-corrected chi connectivity index (χ1v) is 12.0. The fourth-order valence-corrected chi connectivity index (χ4v) is 4.34. The van der Waals surface area contributed by atoms with Crippen LogP contribution in [0.1, 0.15) is 53.4 Å². The highest BCUT2D eigenvalue weighted by atomic mass is 19.1. The molecule has 1 atom stereocenters. The van der Waals surface area contributed by atoms with Crippen LogP contribution in [-0.4, -0.2) is 43.6 Å². The zero-order valence-corrected chi connectivity index (χ0v) is 20.6. The fourth-order valence-electron chi connectivity index (χ4n) is 4.34. The summed E-state index contributed by atoms with van der Waals surface area (Å²) in [5.74, 6) is 0.537. The normalized spacial score (nSPS) is 19.1. The van der Waals surface area contributed by atoms with Gasteiger partial charge in [0, 0.05) is 17.8 Å². The Kier molecular flexibility index (Phi) is 7.33. The number of benzene rings is 1. The predicted octanol–water partition coefficient (Wildman–Crippen LogP) is 5.32. The van der Waals surface area contributed by atoms with Crippen LogP contribution in [0, 0.1) is 11.7 Å². The van der Waals surface area contributed by atoms with Gasteiger partial charge in [-0.2, -0.15) is 5.10 Å². The van der Waals surface area contributed by atoms with Crippen molar-refractivity contribution in [2.24, 2.45) is 5.92 Å². The van der Waals surface area contributed by atoms with Gasteiger partial charge in [0.15, 0.2) is 5.75 Å². The van der Waals surface area contributed by atoms with Crippen molar-refractivity contribution in [3.8, 4) is 22.7 Å². The third-order valence-corrected chi connectivity index (χ3v) is 6.10. The van der Waals surface area contributed by atoms with Gasteiger partial charge in [0.2, 0.25) is 0 Å². The Balaban J connectivity index is 1.38. The van der Waals surface area contributed by atoms with Gasteiger partial charge >= 0.3 is 6.09 Å². The van der Waals surface area contributed by atoms with Crippen LogP contribution in [0.25, 0.3) is 16.9 Å². The smallest absolute Gasteiger partial charge is 0.407 e. The summed E-state index contributed by atoms with van der Waals surface area (Å²) < 4.78 is 27.3. The van der Waals surface area contributed by atoms with Crippen LogP contribution in [0.15, 0.2) is 49.2 Å². The molecule has 0 spiro atoms. The van der Waals surface area contributed by atoms with Gasteiger partial charge in [0.05, 0.1) is 18.5 Å². The van der Waals surface area contributed by atoms with Crippen molar-refractivity contribution in [1.29, 1.82) is 0 Å². The van der Waals surface area contributed by atoms with Crippen molar-refractivity contribution in [1.82, 2.24) is 25.1 Å². The molecule has 1 fully saturated rings. The highest BCUT2D eigenvalue weighted by molar-refractivity contribution is 5.68. The lowest BCUT2D eigenvalue weighted by atomic mass is 9.83. The number of aromatic nitrogens is 4. The summed E-state index contributed by atoms with van der Waals surface area (Å²) in [7, 11) is 0. The molecule has 0 unspecified atom stereocenters. The topological polar surface area (TPSA) is 91.2 Å². The Morgan fingerprint density at radius 3 is 2.63 bits per heavy atom. The molecule has 3 aromatic rings. The van der Waals surface area contributed by atoms with Gasteiger partial charge in [-0.3, -0.25) is 0 Å². The van der Waals surface area contributed by atoms with Crippen LogP contribution in [0.3, 0.4) is 0 Å². The number of rotatable bonds is 6. The molecule has 2 aromatic heterocycles. The van der Waals surface area contributed by atoms with Crippen molar-refractivity contribution < 1.29 is 18.7 Å². The van der Waals surface area contributed by atoms with Crippen LogP contribution < -0.4 is 10.1 Å². The molecule has 0 radical (unpaired) electrons. The number of halogens is 1. The van der Waals surface area contributed by atoms with Gasteiger partial charge in [0.1, 0.15) is 29.1 Å². The highest BCUT2D eigenvalue weighted by Gasteiger charge is 2.29. The number of hydrogen-bond donors (Lipinski definition) is 1. The van der Waals surface area contributed by atoms with Crippen molar-refractivity contribution in [3.63, 3.8) is 0 Å². The van der Waals surface area contributed by atoms with Crippen LogP contribution in [0.2, 0.25) is 0 Å². The lowest BCUT2D eigenvalue weighted by Gasteiger charge is -2.33. The molecule has 186 valence electrons.